The third kappa shape index (κ3) is 2.96. The number of hydrogen-bond acceptors (Lipinski definition) is 2. The molecule has 0 radical (unpaired) electrons. The summed E-state index contributed by atoms with van der Waals surface area (Å²) in [5.41, 5.74) is 0. The van der Waals surface area contributed by atoms with Gasteiger partial charge in [0.1, 0.15) is 0 Å². The van der Waals surface area contributed by atoms with E-state index in [4.69, 9.17) is 0 Å². The second-order valence-electron chi connectivity index (χ2n) is 5.08. The van der Waals surface area contributed by atoms with Gasteiger partial charge in [-0.15, -0.1) is 0 Å². The monoisotopic (exact) mass is 182 g/mol. The normalized spacial score (nSPS) is 30.2. The molecular weight excluding hydrogens is 160 g/mol. The molecule has 1 unspecified atom stereocenters. The fraction of sp³-hybridized carbons (Fsp3) is 1.00. The molecule has 1 atom stereocenters. The van der Waals surface area contributed by atoms with E-state index in [2.05, 4.69) is 24.1 Å². The Labute approximate surface area is 81.7 Å². The SMILES string of the molecule is CC(C)CN1CCC(NC2CC2)C1. The quantitative estimate of drug-likeness (QED) is 0.708. The van der Waals surface area contributed by atoms with Crippen molar-refractivity contribution < 1.29 is 0 Å². The average Bonchev–Trinajstić information content (AvgIpc) is 2.73. The number of hydrogen-bond donors (Lipinski definition) is 1. The van der Waals surface area contributed by atoms with Crippen LogP contribution in [0.5, 0.6) is 0 Å². The maximum atomic E-state index is 3.71. The van der Waals surface area contributed by atoms with Crippen molar-refractivity contribution in [3.63, 3.8) is 0 Å². The summed E-state index contributed by atoms with van der Waals surface area (Å²) >= 11 is 0. The minimum Gasteiger partial charge on any atom is -0.310 e. The van der Waals surface area contributed by atoms with Crippen LogP contribution in [0.3, 0.4) is 0 Å². The van der Waals surface area contributed by atoms with E-state index in [1.54, 1.807) is 0 Å². The van der Waals surface area contributed by atoms with Crippen LogP contribution in [-0.2, 0) is 0 Å². The number of rotatable bonds is 4. The molecule has 2 rings (SSSR count). The minimum absolute atomic E-state index is 0.797. The largest absolute Gasteiger partial charge is 0.310 e. The molecule has 0 amide bonds. The lowest BCUT2D eigenvalue weighted by Gasteiger charge is -2.18. The molecular formula is C11H22N2. The Morgan fingerprint density at radius 3 is 2.62 bits per heavy atom. The third-order valence-corrected chi connectivity index (χ3v) is 2.94. The third-order valence-electron chi connectivity index (χ3n) is 2.94. The lowest BCUT2D eigenvalue weighted by Crippen LogP contribution is -2.34. The minimum atomic E-state index is 0.797. The fourth-order valence-electron chi connectivity index (χ4n) is 2.23. The molecule has 1 aliphatic heterocycles. The van der Waals surface area contributed by atoms with Crippen LogP contribution in [0, 0.1) is 5.92 Å². The molecule has 0 bridgehead atoms. The summed E-state index contributed by atoms with van der Waals surface area (Å²) in [5, 5.41) is 3.71. The fourth-order valence-corrected chi connectivity index (χ4v) is 2.23. The van der Waals surface area contributed by atoms with Crippen molar-refractivity contribution in [2.75, 3.05) is 19.6 Å². The van der Waals surface area contributed by atoms with Gasteiger partial charge < -0.3 is 10.2 Å². The van der Waals surface area contributed by atoms with Crippen molar-refractivity contribution in [1.82, 2.24) is 10.2 Å². The molecule has 1 heterocycles. The smallest absolute Gasteiger partial charge is 0.0209 e. The standard InChI is InChI=1S/C11H22N2/c1-9(2)7-13-6-5-11(8-13)12-10-3-4-10/h9-12H,3-8H2,1-2H3. The van der Waals surface area contributed by atoms with Gasteiger partial charge in [0.15, 0.2) is 0 Å². The molecule has 0 spiro atoms. The molecule has 2 nitrogen and oxygen atoms in total. The van der Waals surface area contributed by atoms with Crippen molar-refractivity contribution in [2.24, 2.45) is 5.92 Å². The Kier molecular flexibility index (Phi) is 2.89. The van der Waals surface area contributed by atoms with Crippen molar-refractivity contribution in [2.45, 2.75) is 45.2 Å². The summed E-state index contributed by atoms with van der Waals surface area (Å²) in [6.45, 7) is 8.49. The predicted molar refractivity (Wildman–Crippen MR) is 55.8 cm³/mol. The molecule has 13 heavy (non-hydrogen) atoms. The Morgan fingerprint density at radius 1 is 1.23 bits per heavy atom. The first-order chi connectivity index (χ1) is 6.24. The van der Waals surface area contributed by atoms with E-state index in [0.717, 1.165) is 18.0 Å². The highest BCUT2D eigenvalue weighted by Crippen LogP contribution is 2.22. The molecule has 1 saturated heterocycles. The molecule has 2 heteroatoms. The summed E-state index contributed by atoms with van der Waals surface area (Å²) in [6.07, 6.45) is 4.20. The van der Waals surface area contributed by atoms with Crippen molar-refractivity contribution in [1.29, 1.82) is 0 Å². The first-order valence-corrected chi connectivity index (χ1v) is 5.72. The van der Waals surface area contributed by atoms with Crippen molar-refractivity contribution >= 4 is 0 Å². The second-order valence-corrected chi connectivity index (χ2v) is 5.08. The Hall–Kier alpha value is -0.0800. The van der Waals surface area contributed by atoms with E-state index in [9.17, 15) is 0 Å². The van der Waals surface area contributed by atoms with Gasteiger partial charge in [0.25, 0.3) is 0 Å². The topological polar surface area (TPSA) is 15.3 Å². The zero-order valence-electron chi connectivity index (χ0n) is 8.92. The average molecular weight is 182 g/mol. The van der Waals surface area contributed by atoms with E-state index < -0.39 is 0 Å². The zero-order valence-corrected chi connectivity index (χ0v) is 8.92. The molecule has 0 aromatic rings. The Balaban J connectivity index is 1.67. The maximum absolute atomic E-state index is 3.71. The molecule has 0 aromatic heterocycles. The maximum Gasteiger partial charge on any atom is 0.0209 e. The van der Waals surface area contributed by atoms with Gasteiger partial charge in [0, 0.05) is 25.2 Å². The van der Waals surface area contributed by atoms with Crippen molar-refractivity contribution in [3.8, 4) is 0 Å². The van der Waals surface area contributed by atoms with Crippen LogP contribution in [0.25, 0.3) is 0 Å². The summed E-state index contributed by atoms with van der Waals surface area (Å²) < 4.78 is 0. The zero-order chi connectivity index (χ0) is 9.26. The highest BCUT2D eigenvalue weighted by atomic mass is 15.2. The molecule has 1 N–H and O–H groups in total. The van der Waals surface area contributed by atoms with Gasteiger partial charge in [-0.1, -0.05) is 13.8 Å². The van der Waals surface area contributed by atoms with E-state index in [0.29, 0.717) is 0 Å². The molecule has 2 aliphatic rings. The van der Waals surface area contributed by atoms with Crippen LogP contribution in [-0.4, -0.2) is 36.6 Å². The molecule has 76 valence electrons. The molecule has 1 aliphatic carbocycles. The van der Waals surface area contributed by atoms with E-state index in [1.165, 1.54) is 38.9 Å². The van der Waals surface area contributed by atoms with Crippen LogP contribution in [0.1, 0.15) is 33.1 Å². The molecule has 1 saturated carbocycles. The number of nitrogens with one attached hydrogen (secondary N) is 1. The predicted octanol–water partition coefficient (Wildman–Crippen LogP) is 1.47. The number of nitrogens with zero attached hydrogens (tertiary/aromatic N) is 1. The van der Waals surface area contributed by atoms with Crippen LogP contribution in [0.2, 0.25) is 0 Å². The van der Waals surface area contributed by atoms with Gasteiger partial charge in [-0.25, -0.2) is 0 Å². The van der Waals surface area contributed by atoms with Gasteiger partial charge in [0.05, 0.1) is 0 Å². The first-order valence-electron chi connectivity index (χ1n) is 5.72. The van der Waals surface area contributed by atoms with Crippen LogP contribution >= 0.6 is 0 Å². The highest BCUT2D eigenvalue weighted by molar-refractivity contribution is 4.89. The second kappa shape index (κ2) is 3.97. The van der Waals surface area contributed by atoms with E-state index >= 15 is 0 Å². The molecule has 0 aromatic carbocycles. The Morgan fingerprint density at radius 2 is 2.00 bits per heavy atom. The van der Waals surface area contributed by atoms with Gasteiger partial charge in [-0.3, -0.25) is 0 Å². The molecule has 2 fully saturated rings. The highest BCUT2D eigenvalue weighted by Gasteiger charge is 2.28. The van der Waals surface area contributed by atoms with E-state index in [-0.39, 0.29) is 0 Å². The van der Waals surface area contributed by atoms with Gasteiger partial charge in [0.2, 0.25) is 0 Å². The van der Waals surface area contributed by atoms with Gasteiger partial charge in [-0.05, 0) is 31.7 Å². The number of likely N-dealkylation sites (tertiary alicyclic amines) is 1. The summed E-state index contributed by atoms with van der Waals surface area (Å²) in [7, 11) is 0. The summed E-state index contributed by atoms with van der Waals surface area (Å²) in [5.74, 6) is 0.819. The summed E-state index contributed by atoms with van der Waals surface area (Å²) in [4.78, 5) is 2.60. The first kappa shape index (κ1) is 9.47. The van der Waals surface area contributed by atoms with Gasteiger partial charge in [-0.2, -0.15) is 0 Å². The van der Waals surface area contributed by atoms with Crippen molar-refractivity contribution in [3.05, 3.63) is 0 Å². The lowest BCUT2D eigenvalue weighted by atomic mass is 10.2. The summed E-state index contributed by atoms with van der Waals surface area (Å²) in [6, 6.07) is 1.68. The van der Waals surface area contributed by atoms with Crippen LogP contribution in [0.15, 0.2) is 0 Å². The van der Waals surface area contributed by atoms with Crippen LogP contribution in [0.4, 0.5) is 0 Å². The van der Waals surface area contributed by atoms with Gasteiger partial charge >= 0.3 is 0 Å². The van der Waals surface area contributed by atoms with Crippen LogP contribution < -0.4 is 5.32 Å². The Bertz CT molecular complexity index is 153. The van der Waals surface area contributed by atoms with E-state index in [1.807, 2.05) is 0 Å². The lowest BCUT2D eigenvalue weighted by molar-refractivity contribution is 0.290.